The predicted octanol–water partition coefficient (Wildman–Crippen LogP) is 1.48. The smallest absolute Gasteiger partial charge is 0.247 e. The number of aromatic nitrogens is 2. The molecular formula is C11H12N2O. The van der Waals surface area contributed by atoms with Crippen molar-refractivity contribution in [3.05, 3.63) is 59.3 Å². The normalized spacial score (nSPS) is 10.4. The van der Waals surface area contributed by atoms with Gasteiger partial charge in [0.2, 0.25) is 6.33 Å². The van der Waals surface area contributed by atoms with Gasteiger partial charge in [-0.1, -0.05) is 30.3 Å². The second kappa shape index (κ2) is 3.54. The highest BCUT2D eigenvalue weighted by Gasteiger charge is 2.03. The molecule has 0 fully saturated rings. The molecule has 72 valence electrons. The van der Waals surface area contributed by atoms with E-state index in [1.807, 2.05) is 41.1 Å². The van der Waals surface area contributed by atoms with Crippen LogP contribution in [0.3, 0.4) is 0 Å². The fraction of sp³-hybridized carbons (Fsp3) is 0.182. The Hall–Kier alpha value is -1.77. The topological polar surface area (TPSA) is 31.9 Å². The quantitative estimate of drug-likeness (QED) is 0.519. The van der Waals surface area contributed by atoms with E-state index in [0.717, 1.165) is 17.0 Å². The highest BCUT2D eigenvalue weighted by atomic mass is 16.5. The lowest BCUT2D eigenvalue weighted by atomic mass is 10.2. The van der Waals surface area contributed by atoms with E-state index >= 15 is 0 Å². The Morgan fingerprint density at radius 2 is 2.00 bits per heavy atom. The van der Waals surface area contributed by atoms with Gasteiger partial charge < -0.3 is 5.21 Å². The van der Waals surface area contributed by atoms with Gasteiger partial charge in [-0.3, -0.25) is 0 Å². The molecule has 0 saturated carbocycles. The van der Waals surface area contributed by atoms with E-state index in [2.05, 4.69) is 0 Å². The average Bonchev–Trinajstić information content (AvgIpc) is 2.47. The lowest BCUT2D eigenvalue weighted by Crippen LogP contribution is -2.25. The van der Waals surface area contributed by atoms with E-state index in [0.29, 0.717) is 0 Å². The van der Waals surface area contributed by atoms with Crippen molar-refractivity contribution in [2.24, 2.45) is 0 Å². The molecule has 0 unspecified atom stereocenters. The first-order valence-corrected chi connectivity index (χ1v) is 4.55. The Morgan fingerprint density at radius 3 is 2.57 bits per heavy atom. The minimum Gasteiger partial charge on any atom is -0.711 e. The largest absolute Gasteiger partial charge is 0.711 e. The number of nitrogens with zero attached hydrogens (tertiary/aromatic N) is 2. The molecule has 0 aliphatic carbocycles. The number of rotatable bonds is 2. The molecule has 0 N–H and O–H groups in total. The third-order valence-electron chi connectivity index (χ3n) is 2.16. The Labute approximate surface area is 82.8 Å². The third-order valence-corrected chi connectivity index (χ3v) is 2.16. The van der Waals surface area contributed by atoms with Gasteiger partial charge in [0.05, 0.1) is 0 Å². The zero-order valence-corrected chi connectivity index (χ0v) is 8.05. The zero-order chi connectivity index (χ0) is 9.97. The van der Waals surface area contributed by atoms with E-state index in [1.165, 1.54) is 5.56 Å². The molecule has 0 spiro atoms. The van der Waals surface area contributed by atoms with Crippen LogP contribution < -0.4 is 4.73 Å². The molecule has 2 aromatic rings. The van der Waals surface area contributed by atoms with E-state index in [4.69, 9.17) is 0 Å². The molecule has 2 rings (SSSR count). The van der Waals surface area contributed by atoms with Crippen LogP contribution in [0.1, 0.15) is 11.3 Å². The summed E-state index contributed by atoms with van der Waals surface area (Å²) in [7, 11) is 0. The van der Waals surface area contributed by atoms with Crippen molar-refractivity contribution in [1.82, 2.24) is 4.57 Å². The molecule has 1 aromatic heterocycles. The Morgan fingerprint density at radius 1 is 1.29 bits per heavy atom. The lowest BCUT2D eigenvalue weighted by molar-refractivity contribution is -0.611. The van der Waals surface area contributed by atoms with Crippen molar-refractivity contribution in [1.29, 1.82) is 0 Å². The van der Waals surface area contributed by atoms with Crippen LogP contribution >= 0.6 is 0 Å². The summed E-state index contributed by atoms with van der Waals surface area (Å²) in [6.45, 7) is 2.55. The number of benzene rings is 1. The summed E-state index contributed by atoms with van der Waals surface area (Å²) in [6.07, 6.45) is 3.41. The maximum atomic E-state index is 11.1. The van der Waals surface area contributed by atoms with Crippen molar-refractivity contribution in [3.8, 4) is 0 Å². The van der Waals surface area contributed by atoms with Gasteiger partial charge in [0, 0.05) is 6.92 Å². The number of hydrogen-bond acceptors (Lipinski definition) is 1. The zero-order valence-electron chi connectivity index (χ0n) is 8.05. The summed E-state index contributed by atoms with van der Waals surface area (Å²) in [5, 5.41) is 11.1. The predicted molar refractivity (Wildman–Crippen MR) is 53.7 cm³/mol. The first-order chi connectivity index (χ1) is 6.75. The molecular weight excluding hydrogens is 176 g/mol. The van der Waals surface area contributed by atoms with Crippen molar-refractivity contribution < 1.29 is 4.73 Å². The molecule has 0 aliphatic rings. The number of hydrogen-bond donors (Lipinski definition) is 0. The Bertz CT molecular complexity index is 401. The minimum atomic E-state index is 0.723. The molecule has 0 bridgehead atoms. The van der Waals surface area contributed by atoms with E-state index in [9.17, 15) is 5.21 Å². The molecule has 1 aromatic carbocycles. The van der Waals surface area contributed by atoms with E-state index in [1.54, 1.807) is 13.3 Å². The monoisotopic (exact) mass is 188 g/mol. The van der Waals surface area contributed by atoms with Crippen LogP contribution in [0.5, 0.6) is 0 Å². The standard InChI is InChI=1S/C11H12N2O/c1-10-7-12(9-13(10)14)8-11-5-3-2-4-6-11/h2-7,9H,8H2,1H3. The maximum Gasteiger partial charge on any atom is 0.247 e. The van der Waals surface area contributed by atoms with Crippen molar-refractivity contribution >= 4 is 0 Å². The van der Waals surface area contributed by atoms with Crippen LogP contribution in [0, 0.1) is 12.1 Å². The summed E-state index contributed by atoms with van der Waals surface area (Å²) in [6, 6.07) is 10.1. The van der Waals surface area contributed by atoms with Crippen molar-refractivity contribution in [2.75, 3.05) is 0 Å². The molecule has 0 atom stereocenters. The Kier molecular flexibility index (Phi) is 2.23. The number of imidazole rings is 1. The summed E-state index contributed by atoms with van der Waals surface area (Å²) < 4.78 is 2.76. The summed E-state index contributed by atoms with van der Waals surface area (Å²) >= 11 is 0. The van der Waals surface area contributed by atoms with Crippen LogP contribution in [0.25, 0.3) is 0 Å². The Balaban J connectivity index is 2.19. The first-order valence-electron chi connectivity index (χ1n) is 4.55. The molecule has 3 heteroatoms. The average molecular weight is 188 g/mol. The molecule has 3 nitrogen and oxygen atoms in total. The van der Waals surface area contributed by atoms with Gasteiger partial charge in [0.15, 0.2) is 0 Å². The van der Waals surface area contributed by atoms with Gasteiger partial charge >= 0.3 is 0 Å². The van der Waals surface area contributed by atoms with Crippen LogP contribution in [-0.4, -0.2) is 4.57 Å². The van der Waals surface area contributed by atoms with Crippen LogP contribution in [0.15, 0.2) is 42.9 Å². The van der Waals surface area contributed by atoms with Crippen LogP contribution in [0.2, 0.25) is 0 Å². The van der Waals surface area contributed by atoms with Crippen LogP contribution in [-0.2, 0) is 6.54 Å². The van der Waals surface area contributed by atoms with Gasteiger partial charge in [-0.2, -0.15) is 0 Å². The summed E-state index contributed by atoms with van der Waals surface area (Å²) in [5.74, 6) is 0. The molecule has 0 saturated heterocycles. The molecule has 0 aliphatic heterocycles. The maximum absolute atomic E-state index is 11.1. The van der Waals surface area contributed by atoms with Crippen molar-refractivity contribution in [2.45, 2.75) is 13.5 Å². The van der Waals surface area contributed by atoms with Gasteiger partial charge in [-0.15, -0.1) is 0 Å². The van der Waals surface area contributed by atoms with Gasteiger partial charge in [0.25, 0.3) is 0 Å². The number of aryl methyl sites for hydroxylation is 1. The van der Waals surface area contributed by atoms with Gasteiger partial charge in [0.1, 0.15) is 18.4 Å². The summed E-state index contributed by atoms with van der Waals surface area (Å²) in [5.41, 5.74) is 1.92. The highest BCUT2D eigenvalue weighted by Crippen LogP contribution is 2.02. The SMILES string of the molecule is Cc1cn(Cc2ccccc2)c[n+]1[O-]. The molecule has 0 amide bonds. The van der Waals surface area contributed by atoms with E-state index < -0.39 is 0 Å². The van der Waals surface area contributed by atoms with Crippen molar-refractivity contribution in [3.63, 3.8) is 0 Å². The molecule has 14 heavy (non-hydrogen) atoms. The van der Waals surface area contributed by atoms with Gasteiger partial charge in [-0.05, 0) is 5.56 Å². The highest BCUT2D eigenvalue weighted by molar-refractivity contribution is 5.15. The third kappa shape index (κ3) is 1.76. The van der Waals surface area contributed by atoms with E-state index in [-0.39, 0.29) is 0 Å². The molecule has 0 radical (unpaired) electrons. The second-order valence-corrected chi connectivity index (χ2v) is 3.37. The fourth-order valence-corrected chi connectivity index (χ4v) is 1.44. The summed E-state index contributed by atoms with van der Waals surface area (Å²) in [4.78, 5) is 0. The first kappa shape index (κ1) is 8.81. The molecule has 1 heterocycles. The second-order valence-electron chi connectivity index (χ2n) is 3.37. The minimum absolute atomic E-state index is 0.723. The van der Waals surface area contributed by atoms with Gasteiger partial charge in [-0.25, -0.2) is 9.30 Å². The van der Waals surface area contributed by atoms with Crippen LogP contribution in [0.4, 0.5) is 0 Å². The lowest BCUT2D eigenvalue weighted by Gasteiger charge is -1.96. The fourth-order valence-electron chi connectivity index (χ4n) is 1.44.